The summed E-state index contributed by atoms with van der Waals surface area (Å²) < 4.78 is 5.02. The number of Topliss-reactive ketones (excluding diaryl/α,β-unsaturated/α-hetero) is 1. The maximum absolute atomic E-state index is 12.0. The number of ether oxygens (including phenoxy) is 1. The summed E-state index contributed by atoms with van der Waals surface area (Å²) in [5.41, 5.74) is 2.51. The number of hydrogen-bond acceptors (Lipinski definition) is 4. The van der Waals surface area contributed by atoms with Crippen molar-refractivity contribution in [3.63, 3.8) is 0 Å². The summed E-state index contributed by atoms with van der Waals surface area (Å²) in [6, 6.07) is 13.7. The lowest BCUT2D eigenvalue weighted by Gasteiger charge is -2.09. The second-order valence-corrected chi connectivity index (χ2v) is 6.04. The maximum Gasteiger partial charge on any atom is 0.338 e. The topological polar surface area (TPSA) is 72.5 Å². The number of amides is 1. The van der Waals surface area contributed by atoms with E-state index >= 15 is 0 Å². The minimum atomic E-state index is -0.553. The third kappa shape index (κ3) is 5.28. The molecule has 0 aromatic heterocycles. The van der Waals surface area contributed by atoms with Gasteiger partial charge in [-0.05, 0) is 42.7 Å². The van der Waals surface area contributed by atoms with E-state index < -0.39 is 18.5 Å². The lowest BCUT2D eigenvalue weighted by molar-refractivity contribution is -0.119. The first kappa shape index (κ1) is 18.4. The molecular formula is C20H21NO4. The number of carbonyl (C=O) groups is 3. The van der Waals surface area contributed by atoms with Crippen LogP contribution in [0.4, 0.5) is 5.69 Å². The molecule has 0 saturated carbocycles. The van der Waals surface area contributed by atoms with Crippen LogP contribution in [0.5, 0.6) is 0 Å². The van der Waals surface area contributed by atoms with Gasteiger partial charge in [0.15, 0.2) is 12.4 Å². The molecule has 2 aromatic carbocycles. The Morgan fingerprint density at radius 3 is 2.28 bits per heavy atom. The van der Waals surface area contributed by atoms with Crippen LogP contribution in [0.15, 0.2) is 48.5 Å². The summed E-state index contributed by atoms with van der Waals surface area (Å²) in [6.07, 6.45) is 0. The van der Waals surface area contributed by atoms with Crippen LogP contribution in [-0.4, -0.2) is 24.3 Å². The van der Waals surface area contributed by atoms with E-state index in [4.69, 9.17) is 4.74 Å². The molecule has 5 heteroatoms. The highest BCUT2D eigenvalue weighted by Gasteiger charge is 2.11. The summed E-state index contributed by atoms with van der Waals surface area (Å²) >= 11 is 0. The van der Waals surface area contributed by atoms with Gasteiger partial charge in [0.1, 0.15) is 0 Å². The van der Waals surface area contributed by atoms with Gasteiger partial charge in [0.2, 0.25) is 0 Å². The Balaban J connectivity index is 1.90. The van der Waals surface area contributed by atoms with Crippen molar-refractivity contribution in [2.45, 2.75) is 26.7 Å². The smallest absolute Gasteiger partial charge is 0.338 e. The number of carbonyl (C=O) groups excluding carboxylic acids is 3. The number of esters is 1. The molecule has 0 heterocycles. The second kappa shape index (κ2) is 8.24. The molecular weight excluding hydrogens is 318 g/mol. The van der Waals surface area contributed by atoms with Gasteiger partial charge in [0.05, 0.1) is 5.56 Å². The van der Waals surface area contributed by atoms with Crippen molar-refractivity contribution >= 4 is 23.3 Å². The third-order valence-corrected chi connectivity index (χ3v) is 3.70. The summed E-state index contributed by atoms with van der Waals surface area (Å²) in [6.45, 7) is 5.19. The van der Waals surface area contributed by atoms with Crippen LogP contribution in [0.3, 0.4) is 0 Å². The molecule has 1 N–H and O–H groups in total. The largest absolute Gasteiger partial charge is 0.452 e. The highest BCUT2D eigenvalue weighted by atomic mass is 16.5. The van der Waals surface area contributed by atoms with Crippen molar-refractivity contribution < 1.29 is 19.1 Å². The minimum Gasteiger partial charge on any atom is -0.452 e. The first-order chi connectivity index (χ1) is 11.9. The van der Waals surface area contributed by atoms with Crippen molar-refractivity contribution in [1.29, 1.82) is 0 Å². The first-order valence-corrected chi connectivity index (χ1v) is 8.04. The number of benzene rings is 2. The fourth-order valence-electron chi connectivity index (χ4n) is 2.23. The molecule has 0 bridgehead atoms. The number of ketones is 1. The van der Waals surface area contributed by atoms with E-state index in [2.05, 4.69) is 19.2 Å². The molecule has 0 radical (unpaired) electrons. The van der Waals surface area contributed by atoms with Crippen LogP contribution >= 0.6 is 0 Å². The van der Waals surface area contributed by atoms with E-state index in [-0.39, 0.29) is 5.78 Å². The quantitative estimate of drug-likeness (QED) is 0.642. The van der Waals surface area contributed by atoms with Crippen LogP contribution in [-0.2, 0) is 9.53 Å². The molecule has 2 rings (SSSR count). The number of anilines is 1. The van der Waals surface area contributed by atoms with E-state index in [1.807, 2.05) is 12.1 Å². The zero-order valence-electron chi connectivity index (χ0n) is 14.5. The maximum atomic E-state index is 12.0. The van der Waals surface area contributed by atoms with Gasteiger partial charge in [-0.25, -0.2) is 4.79 Å². The summed E-state index contributed by atoms with van der Waals surface area (Å²) in [5.74, 6) is -0.732. The molecule has 0 aliphatic rings. The molecule has 0 saturated heterocycles. The minimum absolute atomic E-state index is 0.0904. The van der Waals surface area contributed by atoms with Gasteiger partial charge in [-0.3, -0.25) is 9.59 Å². The van der Waals surface area contributed by atoms with Gasteiger partial charge in [0, 0.05) is 11.3 Å². The monoisotopic (exact) mass is 339 g/mol. The van der Waals surface area contributed by atoms with Gasteiger partial charge in [-0.2, -0.15) is 0 Å². The highest BCUT2D eigenvalue weighted by molar-refractivity contribution is 5.98. The van der Waals surface area contributed by atoms with Gasteiger partial charge in [-0.1, -0.05) is 38.1 Å². The number of rotatable bonds is 6. The molecule has 130 valence electrons. The average Bonchev–Trinajstić information content (AvgIpc) is 2.60. The fraction of sp³-hybridized carbons (Fsp3) is 0.250. The van der Waals surface area contributed by atoms with Crippen LogP contribution in [0.25, 0.3) is 0 Å². The predicted molar refractivity (Wildman–Crippen MR) is 95.9 cm³/mol. The van der Waals surface area contributed by atoms with Crippen molar-refractivity contribution in [2.24, 2.45) is 0 Å². The van der Waals surface area contributed by atoms with E-state index in [0.29, 0.717) is 22.7 Å². The normalized spacial score (nSPS) is 10.4. The lowest BCUT2D eigenvalue weighted by atomic mass is 10.0. The van der Waals surface area contributed by atoms with E-state index in [1.54, 1.807) is 36.4 Å². The molecule has 2 aromatic rings. The fourth-order valence-corrected chi connectivity index (χ4v) is 2.23. The molecule has 0 fully saturated rings. The van der Waals surface area contributed by atoms with Crippen LogP contribution in [0, 0.1) is 0 Å². The Bertz CT molecular complexity index is 779. The van der Waals surface area contributed by atoms with E-state index in [9.17, 15) is 14.4 Å². The Morgan fingerprint density at radius 1 is 1.00 bits per heavy atom. The second-order valence-electron chi connectivity index (χ2n) is 6.04. The molecule has 0 aliphatic carbocycles. The number of nitrogens with one attached hydrogen (secondary N) is 1. The third-order valence-electron chi connectivity index (χ3n) is 3.70. The van der Waals surface area contributed by atoms with Gasteiger partial charge in [-0.15, -0.1) is 0 Å². The van der Waals surface area contributed by atoms with Crippen LogP contribution in [0.2, 0.25) is 0 Å². The first-order valence-electron chi connectivity index (χ1n) is 8.04. The zero-order chi connectivity index (χ0) is 18.4. The SMILES string of the molecule is CC(=O)c1cccc(NC(=O)COC(=O)c2ccc(C(C)C)cc2)c1. The molecule has 5 nitrogen and oxygen atoms in total. The van der Waals surface area contributed by atoms with Crippen molar-refractivity contribution in [3.8, 4) is 0 Å². The summed E-state index contributed by atoms with van der Waals surface area (Å²) in [7, 11) is 0. The van der Waals surface area contributed by atoms with Crippen molar-refractivity contribution in [1.82, 2.24) is 0 Å². The van der Waals surface area contributed by atoms with Crippen molar-refractivity contribution in [3.05, 3.63) is 65.2 Å². The average molecular weight is 339 g/mol. The van der Waals surface area contributed by atoms with E-state index in [0.717, 1.165) is 5.56 Å². The van der Waals surface area contributed by atoms with Crippen molar-refractivity contribution in [2.75, 3.05) is 11.9 Å². The van der Waals surface area contributed by atoms with Crippen LogP contribution in [0.1, 0.15) is 53.0 Å². The molecule has 0 aliphatic heterocycles. The molecule has 0 unspecified atom stereocenters. The number of hydrogen-bond donors (Lipinski definition) is 1. The lowest BCUT2D eigenvalue weighted by Crippen LogP contribution is -2.21. The van der Waals surface area contributed by atoms with Gasteiger partial charge >= 0.3 is 5.97 Å². The standard InChI is InChI=1S/C20H21NO4/c1-13(2)15-7-9-16(10-8-15)20(24)25-12-19(23)21-18-6-4-5-17(11-18)14(3)22/h4-11,13H,12H2,1-3H3,(H,21,23). The molecule has 1 amide bonds. The summed E-state index contributed by atoms with van der Waals surface area (Å²) in [5, 5.41) is 2.60. The predicted octanol–water partition coefficient (Wildman–Crippen LogP) is 3.81. The Labute approximate surface area is 147 Å². The summed E-state index contributed by atoms with van der Waals surface area (Å²) in [4.78, 5) is 35.2. The highest BCUT2D eigenvalue weighted by Crippen LogP contribution is 2.15. The van der Waals surface area contributed by atoms with Gasteiger partial charge in [0.25, 0.3) is 5.91 Å². The van der Waals surface area contributed by atoms with E-state index in [1.165, 1.54) is 6.92 Å². The Kier molecular flexibility index (Phi) is 6.06. The molecule has 25 heavy (non-hydrogen) atoms. The Morgan fingerprint density at radius 2 is 1.68 bits per heavy atom. The molecule has 0 atom stereocenters. The van der Waals surface area contributed by atoms with Gasteiger partial charge < -0.3 is 10.1 Å². The zero-order valence-corrected chi connectivity index (χ0v) is 14.5. The van der Waals surface area contributed by atoms with Crippen LogP contribution < -0.4 is 5.32 Å². The Hall–Kier alpha value is -2.95. The molecule has 0 spiro atoms.